The summed E-state index contributed by atoms with van der Waals surface area (Å²) in [5, 5.41) is 9.27. The summed E-state index contributed by atoms with van der Waals surface area (Å²) in [6, 6.07) is 12.0. The number of halogens is 1. The van der Waals surface area contributed by atoms with Crippen molar-refractivity contribution in [3.8, 4) is 5.75 Å². The van der Waals surface area contributed by atoms with Crippen molar-refractivity contribution < 1.29 is 23.5 Å². The van der Waals surface area contributed by atoms with Crippen LogP contribution in [0.1, 0.15) is 51.2 Å². The summed E-state index contributed by atoms with van der Waals surface area (Å²) in [7, 11) is 1.63. The fourth-order valence-electron chi connectivity index (χ4n) is 5.10. The highest BCUT2D eigenvalue weighted by Crippen LogP contribution is 2.34. The number of amides is 3. The minimum atomic E-state index is -0.802. The average molecular weight is 567 g/mol. The number of rotatable bonds is 4. The van der Waals surface area contributed by atoms with Gasteiger partial charge in [0.05, 0.1) is 6.04 Å². The Morgan fingerprint density at radius 3 is 2.46 bits per heavy atom. The number of fused-ring (bicyclic) bond motifs is 1. The van der Waals surface area contributed by atoms with E-state index in [0.717, 1.165) is 24.0 Å². The second-order valence-electron chi connectivity index (χ2n) is 11.6. The number of benzene rings is 2. The number of nitrogens with one attached hydrogen (secondary N) is 3. The maximum atomic E-state index is 14.3. The summed E-state index contributed by atoms with van der Waals surface area (Å²) in [4.78, 5) is 41.7. The Labute approximate surface area is 242 Å². The highest BCUT2D eigenvalue weighted by molar-refractivity contribution is 5.93. The van der Waals surface area contributed by atoms with Gasteiger partial charge in [-0.1, -0.05) is 50.2 Å². The quantitative estimate of drug-likeness (QED) is 0.528. The lowest BCUT2D eigenvalue weighted by atomic mass is 10.0. The van der Waals surface area contributed by atoms with E-state index in [9.17, 15) is 18.8 Å². The van der Waals surface area contributed by atoms with Crippen LogP contribution in [-0.4, -0.2) is 67.0 Å². The van der Waals surface area contributed by atoms with Crippen LogP contribution < -0.4 is 20.7 Å². The van der Waals surface area contributed by atoms with E-state index in [1.807, 2.05) is 44.2 Å². The number of nitrogens with zero attached hydrogens (tertiary/aromatic N) is 1. The summed E-state index contributed by atoms with van der Waals surface area (Å²) in [5.74, 6) is -0.468. The summed E-state index contributed by atoms with van der Waals surface area (Å²) >= 11 is 0. The first-order valence-electron chi connectivity index (χ1n) is 14.7. The Kier molecular flexibility index (Phi) is 10.4. The molecule has 222 valence electrons. The lowest BCUT2D eigenvalue weighted by Crippen LogP contribution is -2.57. The molecule has 0 aromatic heterocycles. The first kappa shape index (κ1) is 30.5. The Morgan fingerprint density at radius 2 is 1.78 bits per heavy atom. The third-order valence-corrected chi connectivity index (χ3v) is 8.10. The lowest BCUT2D eigenvalue weighted by Gasteiger charge is -2.32. The molecule has 4 rings (SSSR count). The van der Waals surface area contributed by atoms with Crippen molar-refractivity contribution in [2.45, 2.75) is 77.1 Å². The molecule has 1 aliphatic heterocycles. The minimum absolute atomic E-state index is 0.0995. The maximum absolute atomic E-state index is 14.3. The van der Waals surface area contributed by atoms with Gasteiger partial charge in [0, 0.05) is 32.6 Å². The molecule has 1 heterocycles. The Morgan fingerprint density at radius 1 is 1.05 bits per heavy atom. The van der Waals surface area contributed by atoms with Gasteiger partial charge in [0.1, 0.15) is 29.8 Å². The first-order valence-corrected chi connectivity index (χ1v) is 14.7. The van der Waals surface area contributed by atoms with Gasteiger partial charge in [-0.2, -0.15) is 0 Å². The predicted octanol–water partition coefficient (Wildman–Crippen LogP) is 3.23. The molecule has 0 unspecified atom stereocenters. The van der Waals surface area contributed by atoms with E-state index in [1.165, 1.54) is 17.0 Å². The second kappa shape index (κ2) is 13.9. The van der Waals surface area contributed by atoms with E-state index in [4.69, 9.17) is 4.74 Å². The van der Waals surface area contributed by atoms with E-state index in [-0.39, 0.29) is 41.5 Å². The fourth-order valence-corrected chi connectivity index (χ4v) is 5.10. The van der Waals surface area contributed by atoms with Crippen LogP contribution in [0.4, 0.5) is 4.39 Å². The van der Waals surface area contributed by atoms with Crippen molar-refractivity contribution >= 4 is 17.7 Å². The molecule has 1 saturated carbocycles. The van der Waals surface area contributed by atoms with Crippen LogP contribution in [0.5, 0.6) is 5.75 Å². The molecule has 2 aromatic rings. The van der Waals surface area contributed by atoms with Crippen molar-refractivity contribution in [3.05, 3.63) is 65.5 Å². The summed E-state index contributed by atoms with van der Waals surface area (Å²) < 4.78 is 20.6. The molecular weight excluding hydrogens is 523 g/mol. The lowest BCUT2D eigenvalue weighted by molar-refractivity contribution is -0.141. The summed E-state index contributed by atoms with van der Waals surface area (Å²) in [6.07, 6.45) is 3.07. The normalized spacial score (nSPS) is 25.4. The largest absolute Gasteiger partial charge is 0.488 e. The van der Waals surface area contributed by atoms with Crippen molar-refractivity contribution in [1.82, 2.24) is 20.9 Å². The molecule has 3 N–H and O–H groups in total. The Bertz CT molecular complexity index is 1200. The molecule has 9 heteroatoms. The zero-order valence-corrected chi connectivity index (χ0v) is 24.5. The van der Waals surface area contributed by atoms with Crippen LogP contribution in [0.25, 0.3) is 0 Å². The van der Waals surface area contributed by atoms with E-state index >= 15 is 0 Å². The molecule has 3 amide bonds. The fraction of sp³-hybridized carbons (Fsp3) is 0.531. The van der Waals surface area contributed by atoms with E-state index < -0.39 is 18.1 Å². The van der Waals surface area contributed by atoms with Gasteiger partial charge in [0.25, 0.3) is 0 Å². The van der Waals surface area contributed by atoms with E-state index in [0.29, 0.717) is 38.1 Å². The minimum Gasteiger partial charge on any atom is -0.488 e. The van der Waals surface area contributed by atoms with Gasteiger partial charge in [0.2, 0.25) is 17.7 Å². The van der Waals surface area contributed by atoms with Crippen LogP contribution in [0, 0.1) is 17.7 Å². The van der Waals surface area contributed by atoms with Crippen molar-refractivity contribution in [2.24, 2.45) is 11.8 Å². The number of aryl methyl sites for hydroxylation is 1. The van der Waals surface area contributed by atoms with Gasteiger partial charge in [0.15, 0.2) is 0 Å². The highest BCUT2D eigenvalue weighted by Gasteiger charge is 2.40. The molecule has 0 spiro atoms. The first-order chi connectivity index (χ1) is 19.6. The number of hydrogen-bond acceptors (Lipinski definition) is 5. The van der Waals surface area contributed by atoms with Crippen LogP contribution in [0.3, 0.4) is 0 Å². The van der Waals surface area contributed by atoms with Crippen molar-refractivity contribution in [1.29, 1.82) is 0 Å². The summed E-state index contributed by atoms with van der Waals surface area (Å²) in [6.45, 7) is 6.53. The smallest absolute Gasteiger partial charge is 0.243 e. The number of hydrogen-bond donors (Lipinski definition) is 3. The highest BCUT2D eigenvalue weighted by atomic mass is 19.1. The van der Waals surface area contributed by atoms with Crippen LogP contribution in [-0.2, 0) is 27.2 Å². The van der Waals surface area contributed by atoms with E-state index in [2.05, 4.69) is 16.0 Å². The van der Waals surface area contributed by atoms with Crippen molar-refractivity contribution in [2.75, 3.05) is 20.1 Å². The monoisotopic (exact) mass is 566 g/mol. The zero-order valence-electron chi connectivity index (χ0n) is 24.5. The van der Waals surface area contributed by atoms with Crippen molar-refractivity contribution in [3.63, 3.8) is 0 Å². The van der Waals surface area contributed by atoms with Gasteiger partial charge in [-0.25, -0.2) is 4.39 Å². The molecule has 1 fully saturated rings. The van der Waals surface area contributed by atoms with Gasteiger partial charge >= 0.3 is 0 Å². The van der Waals surface area contributed by atoms with E-state index in [1.54, 1.807) is 20.0 Å². The molecule has 41 heavy (non-hydrogen) atoms. The molecule has 0 bridgehead atoms. The zero-order chi connectivity index (χ0) is 29.5. The molecular formula is C32H43FN4O4. The third kappa shape index (κ3) is 8.28. The maximum Gasteiger partial charge on any atom is 0.243 e. The average Bonchev–Trinajstić information content (AvgIpc) is 3.79. The summed E-state index contributed by atoms with van der Waals surface area (Å²) in [5.41, 5.74) is 1.77. The predicted molar refractivity (Wildman–Crippen MR) is 156 cm³/mol. The van der Waals surface area contributed by atoms with Gasteiger partial charge in [-0.3, -0.25) is 14.4 Å². The molecule has 0 saturated heterocycles. The Hall–Kier alpha value is -3.46. The topological polar surface area (TPSA) is 99.8 Å². The van der Waals surface area contributed by atoms with Gasteiger partial charge in [-0.05, 0) is 61.6 Å². The third-order valence-electron chi connectivity index (χ3n) is 8.10. The standard InChI is InChI=1S/C32H43FN4O4/c1-20(2)28-19-35-29(24-12-13-24)32(40)37(4)21(3)30(38)36-26(17-22-9-6-5-7-10-22)31(39)34-16-8-11-23-14-15-25(33)18-27(23)41-28/h5-7,9-10,14-15,18,20-21,24,26,28-29,35H,8,11-13,16-17,19H2,1-4H3,(H,34,39)(H,36,38)/t21-,26-,28+,29+/m1/s1. The second-order valence-corrected chi connectivity index (χ2v) is 11.6. The molecule has 4 atom stereocenters. The molecule has 8 nitrogen and oxygen atoms in total. The number of ether oxygens (including phenoxy) is 1. The SMILES string of the molecule is CC(C)[C@@H]1CN[C@@H](C2CC2)C(=O)N(C)[C@H](C)C(=O)N[C@H](Cc2ccccc2)C(=O)NCCCc2ccc(F)cc2O1. The van der Waals surface area contributed by atoms with Gasteiger partial charge in [-0.15, -0.1) is 0 Å². The van der Waals surface area contributed by atoms with Crippen LogP contribution >= 0.6 is 0 Å². The molecule has 2 aliphatic rings. The Balaban J connectivity index is 1.61. The van der Waals surface area contributed by atoms with Crippen LogP contribution in [0.2, 0.25) is 0 Å². The molecule has 2 aromatic carbocycles. The molecule has 0 radical (unpaired) electrons. The van der Waals surface area contributed by atoms with Crippen LogP contribution in [0.15, 0.2) is 48.5 Å². The van der Waals surface area contributed by atoms with Gasteiger partial charge < -0.3 is 25.6 Å². The molecule has 1 aliphatic carbocycles. The number of likely N-dealkylation sites (N-methyl/N-ethyl adjacent to an activating group) is 1. The number of carbonyl (C=O) groups excluding carboxylic acids is 3. The number of carbonyl (C=O) groups is 3.